The molecule has 0 radical (unpaired) electrons. The van der Waals surface area contributed by atoms with E-state index in [0.29, 0.717) is 6.54 Å². The molecule has 0 spiro atoms. The molecule has 8 heteroatoms. The van der Waals surface area contributed by atoms with Crippen molar-refractivity contribution in [2.45, 2.75) is 32.6 Å². The Hall–Kier alpha value is -0.870. The smallest absolute Gasteiger partial charge is 0.213 e. The average molecular weight is 522 g/mol. The molecule has 28 heavy (non-hydrogen) atoms. The summed E-state index contributed by atoms with van der Waals surface area (Å²) in [5.41, 5.74) is 1.42. The molecule has 0 unspecified atom stereocenters. The summed E-state index contributed by atoms with van der Waals surface area (Å²) in [5.74, 6) is 1.81. The second-order valence-electron chi connectivity index (χ2n) is 7.17. The van der Waals surface area contributed by atoms with Gasteiger partial charge in [0.2, 0.25) is 10.0 Å². The van der Waals surface area contributed by atoms with E-state index in [-0.39, 0.29) is 29.7 Å². The number of halogens is 1. The normalized spacial score (nSPS) is 16.1. The van der Waals surface area contributed by atoms with Gasteiger partial charge in [0.15, 0.2) is 5.96 Å². The highest BCUT2D eigenvalue weighted by Crippen LogP contribution is 2.21. The molecule has 0 atom stereocenters. The van der Waals surface area contributed by atoms with Gasteiger partial charge in [0.1, 0.15) is 0 Å². The number of nitrogens with one attached hydrogen (secondary N) is 1. The first-order chi connectivity index (χ1) is 13.0. The highest BCUT2D eigenvalue weighted by Gasteiger charge is 2.21. The summed E-state index contributed by atoms with van der Waals surface area (Å²) < 4.78 is 25.0. The van der Waals surface area contributed by atoms with E-state index >= 15 is 0 Å². The fraction of sp³-hybridized carbons (Fsp3) is 0.650. The molecule has 0 aliphatic carbocycles. The van der Waals surface area contributed by atoms with Gasteiger partial charge >= 0.3 is 0 Å². The number of guanidine groups is 1. The van der Waals surface area contributed by atoms with Crippen molar-refractivity contribution < 1.29 is 8.42 Å². The summed E-state index contributed by atoms with van der Waals surface area (Å²) in [4.78, 5) is 6.72. The van der Waals surface area contributed by atoms with Gasteiger partial charge in [-0.05, 0) is 44.1 Å². The van der Waals surface area contributed by atoms with E-state index in [0.717, 1.165) is 44.4 Å². The predicted octanol–water partition coefficient (Wildman–Crippen LogP) is 2.81. The molecule has 1 fully saturated rings. The largest absolute Gasteiger partial charge is 0.356 e. The fourth-order valence-corrected chi connectivity index (χ4v) is 4.34. The molecular formula is C20H35IN4O2S. The molecule has 1 aliphatic rings. The lowest BCUT2D eigenvalue weighted by molar-refractivity contribution is 0.259. The minimum absolute atomic E-state index is 0. The van der Waals surface area contributed by atoms with Crippen molar-refractivity contribution in [2.75, 3.05) is 46.0 Å². The van der Waals surface area contributed by atoms with Gasteiger partial charge < -0.3 is 10.2 Å². The molecule has 0 bridgehead atoms. The Morgan fingerprint density at radius 1 is 1.25 bits per heavy atom. The van der Waals surface area contributed by atoms with Crippen LogP contribution in [0.2, 0.25) is 0 Å². The van der Waals surface area contributed by atoms with Crippen LogP contribution >= 0.6 is 24.0 Å². The monoisotopic (exact) mass is 522 g/mol. The van der Waals surface area contributed by atoms with Crippen LogP contribution in [0.1, 0.15) is 31.7 Å². The highest BCUT2D eigenvalue weighted by molar-refractivity contribution is 14.0. The predicted molar refractivity (Wildman–Crippen MR) is 128 cm³/mol. The molecule has 160 valence electrons. The van der Waals surface area contributed by atoms with Gasteiger partial charge in [-0.1, -0.05) is 30.3 Å². The number of sulfonamides is 1. The lowest BCUT2D eigenvalue weighted by Crippen LogP contribution is -2.46. The van der Waals surface area contributed by atoms with Gasteiger partial charge in [0, 0.05) is 40.3 Å². The van der Waals surface area contributed by atoms with E-state index in [4.69, 9.17) is 0 Å². The molecule has 2 rings (SSSR count). The van der Waals surface area contributed by atoms with E-state index in [2.05, 4.69) is 45.5 Å². The van der Waals surface area contributed by atoms with E-state index in [1.54, 1.807) is 14.0 Å². The summed E-state index contributed by atoms with van der Waals surface area (Å²) in [5, 5.41) is 3.38. The van der Waals surface area contributed by atoms with Crippen LogP contribution in [0.4, 0.5) is 0 Å². The number of piperidine rings is 1. The maximum Gasteiger partial charge on any atom is 0.213 e. The number of aliphatic imine (C=N–C) groups is 1. The van der Waals surface area contributed by atoms with Crippen molar-refractivity contribution in [1.29, 1.82) is 0 Å². The highest BCUT2D eigenvalue weighted by atomic mass is 127. The van der Waals surface area contributed by atoms with Crippen LogP contribution in [-0.4, -0.2) is 69.6 Å². The van der Waals surface area contributed by atoms with Gasteiger partial charge in [-0.2, -0.15) is 0 Å². The van der Waals surface area contributed by atoms with Crippen LogP contribution in [0.25, 0.3) is 0 Å². The Kier molecular flexibility index (Phi) is 11.4. The lowest BCUT2D eigenvalue weighted by atomic mass is 9.90. The molecule has 1 saturated heterocycles. The van der Waals surface area contributed by atoms with Crippen LogP contribution in [-0.2, 0) is 16.4 Å². The molecule has 0 aromatic heterocycles. The molecular weight excluding hydrogens is 487 g/mol. The molecule has 0 amide bonds. The zero-order valence-electron chi connectivity index (χ0n) is 17.3. The molecule has 1 aromatic rings. The number of rotatable bonds is 8. The third-order valence-electron chi connectivity index (χ3n) is 5.27. The molecule has 0 saturated carbocycles. The van der Waals surface area contributed by atoms with Gasteiger partial charge in [0.05, 0.1) is 5.75 Å². The average Bonchev–Trinajstić information content (AvgIpc) is 2.69. The minimum Gasteiger partial charge on any atom is -0.356 e. The van der Waals surface area contributed by atoms with Crippen molar-refractivity contribution in [3.8, 4) is 0 Å². The van der Waals surface area contributed by atoms with Crippen molar-refractivity contribution in [1.82, 2.24) is 14.5 Å². The first-order valence-corrected chi connectivity index (χ1v) is 11.5. The SMILES string of the molecule is CCS(=O)(=O)N(C)CCCNC(=NC)N1CCC(Cc2ccccc2)CC1.I. The quantitative estimate of drug-likeness (QED) is 0.247. The number of nitrogens with zero attached hydrogens (tertiary/aromatic N) is 3. The Morgan fingerprint density at radius 2 is 1.89 bits per heavy atom. The third kappa shape index (κ3) is 7.87. The second-order valence-corrected chi connectivity index (χ2v) is 9.53. The molecule has 1 heterocycles. The topological polar surface area (TPSA) is 65.0 Å². The number of hydrogen-bond acceptors (Lipinski definition) is 3. The standard InChI is InChI=1S/C20H34N4O2S.HI/c1-4-27(25,26)23(3)14-8-13-22-20(21-2)24-15-11-19(12-16-24)17-18-9-6-5-7-10-18;/h5-7,9-10,19H,4,8,11-17H2,1-3H3,(H,21,22);1H. The van der Waals surface area contributed by atoms with Crippen LogP contribution in [0.15, 0.2) is 35.3 Å². The Labute approximate surface area is 187 Å². The van der Waals surface area contributed by atoms with E-state index in [1.807, 2.05) is 7.05 Å². The number of hydrogen-bond donors (Lipinski definition) is 1. The first kappa shape index (κ1) is 25.2. The Bertz CT molecular complexity index is 689. The second kappa shape index (κ2) is 12.6. The lowest BCUT2D eigenvalue weighted by Gasteiger charge is -2.34. The van der Waals surface area contributed by atoms with Crippen LogP contribution < -0.4 is 5.32 Å². The summed E-state index contributed by atoms with van der Waals surface area (Å²) >= 11 is 0. The maximum absolute atomic E-state index is 11.8. The fourth-order valence-electron chi connectivity index (χ4n) is 3.49. The zero-order chi connectivity index (χ0) is 19.7. The third-order valence-corrected chi connectivity index (χ3v) is 7.13. The molecule has 1 aliphatic heterocycles. The van der Waals surface area contributed by atoms with E-state index < -0.39 is 10.0 Å². The van der Waals surface area contributed by atoms with Crippen molar-refractivity contribution in [2.24, 2.45) is 10.9 Å². The number of likely N-dealkylation sites (tertiary alicyclic amines) is 1. The van der Waals surface area contributed by atoms with Crippen molar-refractivity contribution in [3.63, 3.8) is 0 Å². The summed E-state index contributed by atoms with van der Waals surface area (Å²) in [7, 11) is 0.364. The van der Waals surface area contributed by atoms with Gasteiger partial charge in [-0.15, -0.1) is 24.0 Å². The summed E-state index contributed by atoms with van der Waals surface area (Å²) in [6.45, 7) is 4.95. The van der Waals surface area contributed by atoms with Crippen molar-refractivity contribution in [3.05, 3.63) is 35.9 Å². The molecule has 1 N–H and O–H groups in total. The Balaban J connectivity index is 0.00000392. The van der Waals surface area contributed by atoms with Gasteiger partial charge in [-0.3, -0.25) is 4.99 Å². The van der Waals surface area contributed by atoms with E-state index in [1.165, 1.54) is 22.7 Å². The summed E-state index contributed by atoms with van der Waals surface area (Å²) in [6.07, 6.45) is 4.26. The molecule has 1 aromatic carbocycles. The van der Waals surface area contributed by atoms with Crippen LogP contribution in [0.3, 0.4) is 0 Å². The number of benzene rings is 1. The van der Waals surface area contributed by atoms with Crippen LogP contribution in [0.5, 0.6) is 0 Å². The Morgan fingerprint density at radius 3 is 2.46 bits per heavy atom. The zero-order valence-corrected chi connectivity index (χ0v) is 20.4. The summed E-state index contributed by atoms with van der Waals surface area (Å²) in [6, 6.07) is 10.7. The molecule has 6 nitrogen and oxygen atoms in total. The van der Waals surface area contributed by atoms with Gasteiger partial charge in [-0.25, -0.2) is 12.7 Å². The van der Waals surface area contributed by atoms with Crippen molar-refractivity contribution >= 4 is 40.0 Å². The van der Waals surface area contributed by atoms with Gasteiger partial charge in [0.25, 0.3) is 0 Å². The first-order valence-electron chi connectivity index (χ1n) is 9.89. The minimum atomic E-state index is -3.09. The van der Waals surface area contributed by atoms with Crippen LogP contribution in [0, 0.1) is 5.92 Å². The maximum atomic E-state index is 11.8. The van der Waals surface area contributed by atoms with E-state index in [9.17, 15) is 8.42 Å².